The number of benzene rings is 1. The second kappa shape index (κ2) is 6.96. The average Bonchev–Trinajstić information content (AvgIpc) is 2.90. The Balaban J connectivity index is 2.18. The Morgan fingerprint density at radius 3 is 2.40 bits per heavy atom. The maximum Gasteiger partial charge on any atom is 0.397 e. The number of hydrogen-bond donors (Lipinski definition) is 1. The first-order valence-corrected chi connectivity index (χ1v) is 8.26. The van der Waals surface area contributed by atoms with Crippen LogP contribution in [0.5, 0.6) is 0 Å². The standard InChI is InChI=1S/C18H25F3N2O2/c1-16(2,3)25-15(24)14(22)17(18(19,20)21)9-10-23(12-17)11-13-7-5-4-6-8-13/h4-8,14H,9-12,22H2,1-3H3. The van der Waals surface area contributed by atoms with Gasteiger partial charge in [-0.2, -0.15) is 13.2 Å². The van der Waals surface area contributed by atoms with Crippen molar-refractivity contribution < 1.29 is 22.7 Å². The van der Waals surface area contributed by atoms with Gasteiger partial charge in [0.15, 0.2) is 0 Å². The number of esters is 1. The van der Waals surface area contributed by atoms with Crippen molar-refractivity contribution in [3.05, 3.63) is 35.9 Å². The van der Waals surface area contributed by atoms with E-state index in [1.807, 2.05) is 30.3 Å². The highest BCUT2D eigenvalue weighted by Gasteiger charge is 2.63. The minimum Gasteiger partial charge on any atom is -0.459 e. The number of halogens is 3. The Morgan fingerprint density at radius 1 is 1.28 bits per heavy atom. The highest BCUT2D eigenvalue weighted by atomic mass is 19.4. The van der Waals surface area contributed by atoms with Crippen LogP contribution in [0.25, 0.3) is 0 Å². The zero-order chi connectivity index (χ0) is 18.9. The molecule has 0 spiro atoms. The summed E-state index contributed by atoms with van der Waals surface area (Å²) in [4.78, 5) is 13.9. The topological polar surface area (TPSA) is 55.6 Å². The largest absolute Gasteiger partial charge is 0.459 e. The number of carbonyl (C=O) groups is 1. The number of ether oxygens (including phenoxy) is 1. The SMILES string of the molecule is CC(C)(C)OC(=O)C(N)C1(C(F)(F)F)CCN(Cc2ccccc2)C1. The first-order valence-electron chi connectivity index (χ1n) is 8.26. The molecule has 0 amide bonds. The van der Waals surface area contributed by atoms with E-state index in [1.165, 1.54) is 0 Å². The summed E-state index contributed by atoms with van der Waals surface area (Å²) in [5.41, 5.74) is 3.54. The van der Waals surface area contributed by atoms with Crippen molar-refractivity contribution in [3.8, 4) is 0 Å². The van der Waals surface area contributed by atoms with Gasteiger partial charge in [0.2, 0.25) is 0 Å². The molecule has 1 saturated heterocycles. The van der Waals surface area contributed by atoms with Crippen LogP contribution in [0.3, 0.4) is 0 Å². The van der Waals surface area contributed by atoms with Gasteiger partial charge in [-0.1, -0.05) is 30.3 Å². The maximum absolute atomic E-state index is 13.9. The van der Waals surface area contributed by atoms with Crippen molar-refractivity contribution in [1.29, 1.82) is 0 Å². The summed E-state index contributed by atoms with van der Waals surface area (Å²) >= 11 is 0. The molecule has 4 nitrogen and oxygen atoms in total. The molecule has 1 aliphatic heterocycles. The van der Waals surface area contributed by atoms with E-state index in [4.69, 9.17) is 10.5 Å². The summed E-state index contributed by atoms with van der Waals surface area (Å²) < 4.78 is 46.7. The van der Waals surface area contributed by atoms with Gasteiger partial charge in [-0.05, 0) is 39.3 Å². The molecule has 25 heavy (non-hydrogen) atoms. The molecule has 1 aromatic carbocycles. The molecule has 1 aliphatic rings. The van der Waals surface area contributed by atoms with Gasteiger partial charge in [0, 0.05) is 13.1 Å². The van der Waals surface area contributed by atoms with Gasteiger partial charge in [0.25, 0.3) is 0 Å². The lowest BCUT2D eigenvalue weighted by atomic mass is 9.78. The minimum atomic E-state index is -4.59. The van der Waals surface area contributed by atoms with Crippen molar-refractivity contribution in [2.24, 2.45) is 11.1 Å². The summed E-state index contributed by atoms with van der Waals surface area (Å²) in [6, 6.07) is 7.52. The number of likely N-dealkylation sites (tertiary alicyclic amines) is 1. The summed E-state index contributed by atoms with van der Waals surface area (Å²) in [5.74, 6) is -1.01. The highest BCUT2D eigenvalue weighted by Crippen LogP contribution is 2.48. The normalized spacial score (nSPS) is 23.5. The number of rotatable bonds is 4. The third-order valence-electron chi connectivity index (χ3n) is 4.45. The van der Waals surface area contributed by atoms with E-state index >= 15 is 0 Å². The molecule has 1 aromatic rings. The number of nitrogens with two attached hydrogens (primary N) is 1. The molecule has 2 rings (SSSR count). The minimum absolute atomic E-state index is 0.219. The van der Waals surface area contributed by atoms with Crippen molar-refractivity contribution in [1.82, 2.24) is 4.90 Å². The van der Waals surface area contributed by atoms with Crippen LogP contribution < -0.4 is 5.73 Å². The van der Waals surface area contributed by atoms with Crippen LogP contribution in [-0.2, 0) is 16.1 Å². The molecule has 140 valence electrons. The maximum atomic E-state index is 13.9. The van der Waals surface area contributed by atoms with Gasteiger partial charge >= 0.3 is 12.1 Å². The Hall–Kier alpha value is -1.60. The summed E-state index contributed by atoms with van der Waals surface area (Å²) in [6.45, 7) is 5.12. The van der Waals surface area contributed by atoms with Crippen LogP contribution in [0.15, 0.2) is 30.3 Å². The smallest absolute Gasteiger partial charge is 0.397 e. The lowest BCUT2D eigenvalue weighted by molar-refractivity contribution is -0.232. The third-order valence-corrected chi connectivity index (χ3v) is 4.45. The number of hydrogen-bond acceptors (Lipinski definition) is 4. The van der Waals surface area contributed by atoms with Crippen LogP contribution in [-0.4, -0.2) is 41.8 Å². The van der Waals surface area contributed by atoms with E-state index in [0.717, 1.165) is 5.56 Å². The van der Waals surface area contributed by atoms with Gasteiger partial charge in [-0.3, -0.25) is 9.69 Å². The lowest BCUT2D eigenvalue weighted by Gasteiger charge is -2.37. The van der Waals surface area contributed by atoms with Crippen molar-refractivity contribution in [2.75, 3.05) is 13.1 Å². The molecule has 1 heterocycles. The summed E-state index contributed by atoms with van der Waals surface area (Å²) in [6.07, 6.45) is -4.81. The molecular formula is C18H25F3N2O2. The Labute approximate surface area is 146 Å². The van der Waals surface area contributed by atoms with E-state index in [9.17, 15) is 18.0 Å². The highest BCUT2D eigenvalue weighted by molar-refractivity contribution is 5.77. The van der Waals surface area contributed by atoms with Crippen molar-refractivity contribution in [3.63, 3.8) is 0 Å². The van der Waals surface area contributed by atoms with Crippen LogP contribution >= 0.6 is 0 Å². The van der Waals surface area contributed by atoms with E-state index in [0.29, 0.717) is 6.54 Å². The molecule has 7 heteroatoms. The van der Waals surface area contributed by atoms with Crippen LogP contribution in [0.1, 0.15) is 32.8 Å². The molecular weight excluding hydrogens is 333 g/mol. The first-order chi connectivity index (χ1) is 11.4. The average molecular weight is 358 g/mol. The van der Waals surface area contributed by atoms with Gasteiger partial charge in [0.05, 0.1) is 0 Å². The fourth-order valence-corrected chi connectivity index (χ4v) is 3.14. The van der Waals surface area contributed by atoms with Gasteiger partial charge in [-0.25, -0.2) is 0 Å². The third kappa shape index (κ3) is 4.52. The molecule has 0 aliphatic carbocycles. The van der Waals surface area contributed by atoms with Gasteiger partial charge < -0.3 is 10.5 Å². The summed E-state index contributed by atoms with van der Waals surface area (Å²) in [5, 5.41) is 0. The number of alkyl halides is 3. The lowest BCUT2D eigenvalue weighted by Crippen LogP contribution is -2.58. The van der Waals surface area contributed by atoms with Crippen LogP contribution in [0, 0.1) is 5.41 Å². The second-order valence-corrected chi connectivity index (χ2v) is 7.61. The molecule has 2 unspecified atom stereocenters. The van der Waals surface area contributed by atoms with Crippen LogP contribution in [0.2, 0.25) is 0 Å². The molecule has 0 aromatic heterocycles. The quantitative estimate of drug-likeness (QED) is 0.841. The monoisotopic (exact) mass is 358 g/mol. The fraction of sp³-hybridized carbons (Fsp3) is 0.611. The predicted molar refractivity (Wildman–Crippen MR) is 88.6 cm³/mol. The molecule has 0 saturated carbocycles. The van der Waals surface area contributed by atoms with Crippen molar-refractivity contribution >= 4 is 5.97 Å². The fourth-order valence-electron chi connectivity index (χ4n) is 3.14. The zero-order valence-corrected chi connectivity index (χ0v) is 14.8. The molecule has 2 N–H and O–H groups in total. The van der Waals surface area contributed by atoms with E-state index < -0.39 is 29.2 Å². The first kappa shape index (κ1) is 19.7. The van der Waals surface area contributed by atoms with E-state index in [1.54, 1.807) is 25.7 Å². The predicted octanol–water partition coefficient (Wildman–Crippen LogP) is 3.11. The Bertz CT molecular complexity index is 599. The Morgan fingerprint density at radius 2 is 1.88 bits per heavy atom. The molecule has 1 fully saturated rings. The van der Waals surface area contributed by atoms with Crippen molar-refractivity contribution in [2.45, 2.75) is 51.6 Å². The zero-order valence-electron chi connectivity index (χ0n) is 14.8. The molecule has 0 radical (unpaired) electrons. The molecule has 0 bridgehead atoms. The Kier molecular flexibility index (Phi) is 5.49. The van der Waals surface area contributed by atoms with Gasteiger partial charge in [-0.15, -0.1) is 0 Å². The molecule has 2 atom stereocenters. The van der Waals surface area contributed by atoms with E-state index in [-0.39, 0.29) is 19.5 Å². The summed E-state index contributed by atoms with van der Waals surface area (Å²) in [7, 11) is 0. The second-order valence-electron chi connectivity index (χ2n) is 7.61. The van der Waals surface area contributed by atoms with E-state index in [2.05, 4.69) is 0 Å². The van der Waals surface area contributed by atoms with Crippen LogP contribution in [0.4, 0.5) is 13.2 Å². The number of nitrogens with zero attached hydrogens (tertiary/aromatic N) is 1. The van der Waals surface area contributed by atoms with Gasteiger partial charge in [0.1, 0.15) is 17.1 Å². The number of carbonyl (C=O) groups excluding carboxylic acids is 1.